The number of carbonyl (C=O) groups excluding carboxylic acids is 1. The van der Waals surface area contributed by atoms with Gasteiger partial charge >= 0.3 is 11.7 Å². The number of hydrogen-bond acceptors (Lipinski definition) is 6. The summed E-state index contributed by atoms with van der Waals surface area (Å²) in [4.78, 5) is 21.5. The first-order chi connectivity index (χ1) is 8.10. The van der Waals surface area contributed by atoms with Gasteiger partial charge in [0.25, 0.3) is 0 Å². The van der Waals surface area contributed by atoms with Crippen molar-refractivity contribution in [3.63, 3.8) is 0 Å². The molecule has 0 saturated heterocycles. The molecule has 94 valence electrons. The lowest BCUT2D eigenvalue weighted by atomic mass is 10.4. The predicted molar refractivity (Wildman–Crippen MR) is 56.7 cm³/mol. The van der Waals surface area contributed by atoms with Gasteiger partial charge in [-0.25, -0.2) is 4.79 Å². The third-order valence-electron chi connectivity index (χ3n) is 1.93. The normalized spacial score (nSPS) is 10.2. The summed E-state index contributed by atoms with van der Waals surface area (Å²) in [5.41, 5.74) is -0.646. The van der Waals surface area contributed by atoms with Crippen molar-refractivity contribution in [1.29, 1.82) is 0 Å². The van der Waals surface area contributed by atoms with Crippen LogP contribution in [0.2, 0.25) is 0 Å². The van der Waals surface area contributed by atoms with Crippen molar-refractivity contribution in [2.45, 2.75) is 13.5 Å². The lowest BCUT2D eigenvalue weighted by Crippen LogP contribution is -2.10. The van der Waals surface area contributed by atoms with Crippen LogP contribution < -0.4 is 0 Å². The summed E-state index contributed by atoms with van der Waals surface area (Å²) in [6.45, 7) is 2.43. The second kappa shape index (κ2) is 5.94. The highest BCUT2D eigenvalue weighted by Crippen LogP contribution is 2.17. The molecule has 0 bridgehead atoms. The van der Waals surface area contributed by atoms with E-state index >= 15 is 0 Å². The first kappa shape index (κ1) is 13.1. The molecule has 8 nitrogen and oxygen atoms in total. The van der Waals surface area contributed by atoms with Gasteiger partial charge in [0.2, 0.25) is 5.69 Å². The lowest BCUT2D eigenvalue weighted by molar-refractivity contribution is -0.385. The monoisotopic (exact) mass is 243 g/mol. The minimum Gasteiger partial charge on any atom is -0.461 e. The molecular weight excluding hydrogens is 230 g/mol. The molecule has 0 aromatic carbocycles. The van der Waals surface area contributed by atoms with Gasteiger partial charge in [0.1, 0.15) is 6.20 Å². The highest BCUT2D eigenvalue weighted by Gasteiger charge is 2.26. The van der Waals surface area contributed by atoms with E-state index in [9.17, 15) is 14.9 Å². The molecule has 17 heavy (non-hydrogen) atoms. The van der Waals surface area contributed by atoms with Crippen molar-refractivity contribution in [1.82, 2.24) is 9.78 Å². The molecule has 0 saturated carbocycles. The van der Waals surface area contributed by atoms with Gasteiger partial charge in [-0.05, 0) is 6.92 Å². The maximum Gasteiger partial charge on any atom is 0.366 e. The zero-order chi connectivity index (χ0) is 12.8. The molecule has 0 N–H and O–H groups in total. The molecule has 1 rings (SSSR count). The first-order valence-electron chi connectivity index (χ1n) is 4.98. The maximum absolute atomic E-state index is 11.4. The van der Waals surface area contributed by atoms with Gasteiger partial charge in [-0.3, -0.25) is 14.8 Å². The number of esters is 1. The minimum atomic E-state index is -0.796. The number of nitrogens with zero attached hydrogens (tertiary/aromatic N) is 3. The largest absolute Gasteiger partial charge is 0.461 e. The van der Waals surface area contributed by atoms with Crippen LogP contribution in [0.5, 0.6) is 0 Å². The van der Waals surface area contributed by atoms with Crippen LogP contribution in [0.4, 0.5) is 5.69 Å². The van der Waals surface area contributed by atoms with Crippen LogP contribution in [0.15, 0.2) is 6.20 Å². The second-order valence-corrected chi connectivity index (χ2v) is 3.10. The van der Waals surface area contributed by atoms with E-state index in [1.165, 1.54) is 18.0 Å². The van der Waals surface area contributed by atoms with E-state index in [2.05, 4.69) is 9.84 Å². The van der Waals surface area contributed by atoms with E-state index in [1.54, 1.807) is 6.92 Å². The Labute approximate surface area is 97.3 Å². The molecule has 1 aromatic rings. The topological polar surface area (TPSA) is 96.5 Å². The van der Waals surface area contributed by atoms with Crippen LogP contribution in [0.25, 0.3) is 0 Å². The van der Waals surface area contributed by atoms with Crippen molar-refractivity contribution in [3.8, 4) is 0 Å². The van der Waals surface area contributed by atoms with Gasteiger partial charge in [-0.1, -0.05) is 0 Å². The van der Waals surface area contributed by atoms with E-state index in [4.69, 9.17) is 4.74 Å². The predicted octanol–water partition coefficient (Wildman–Crippen LogP) is 0.614. The van der Waals surface area contributed by atoms with Crippen molar-refractivity contribution in [2.24, 2.45) is 0 Å². The van der Waals surface area contributed by atoms with Crippen LogP contribution in [0.1, 0.15) is 17.4 Å². The fourth-order valence-corrected chi connectivity index (χ4v) is 1.19. The molecule has 8 heteroatoms. The third-order valence-corrected chi connectivity index (χ3v) is 1.93. The summed E-state index contributed by atoms with van der Waals surface area (Å²) in [6, 6.07) is 0. The Balaban J connectivity index is 2.96. The number of ether oxygens (including phenoxy) is 2. The van der Waals surface area contributed by atoms with Gasteiger partial charge in [0.05, 0.1) is 24.7 Å². The maximum atomic E-state index is 11.4. The highest BCUT2D eigenvalue weighted by atomic mass is 16.6. The number of hydrogen-bond donors (Lipinski definition) is 0. The summed E-state index contributed by atoms with van der Waals surface area (Å²) in [5.74, 6) is -0.796. The van der Waals surface area contributed by atoms with Crippen LogP contribution in [-0.4, -0.2) is 41.0 Å². The fourth-order valence-electron chi connectivity index (χ4n) is 1.19. The smallest absolute Gasteiger partial charge is 0.366 e. The zero-order valence-electron chi connectivity index (χ0n) is 9.58. The van der Waals surface area contributed by atoms with E-state index in [0.29, 0.717) is 13.2 Å². The second-order valence-electron chi connectivity index (χ2n) is 3.10. The summed E-state index contributed by atoms with van der Waals surface area (Å²) in [7, 11) is 1.50. The molecule has 1 heterocycles. The van der Waals surface area contributed by atoms with Crippen LogP contribution in [0.3, 0.4) is 0 Å². The van der Waals surface area contributed by atoms with Gasteiger partial charge in [0.15, 0.2) is 0 Å². The number of carbonyl (C=O) groups is 1. The molecule has 0 amide bonds. The van der Waals surface area contributed by atoms with Crippen molar-refractivity contribution in [3.05, 3.63) is 22.0 Å². The highest BCUT2D eigenvalue weighted by molar-refractivity contribution is 5.91. The molecule has 0 spiro atoms. The summed E-state index contributed by atoms with van der Waals surface area (Å²) >= 11 is 0. The SMILES string of the molecule is CCOC(=O)c1nn(CCOC)cc1[N+](=O)[O-]. The summed E-state index contributed by atoms with van der Waals surface area (Å²) in [5, 5.41) is 14.5. The molecule has 0 aliphatic heterocycles. The molecule has 1 aromatic heterocycles. The van der Waals surface area contributed by atoms with Gasteiger partial charge in [0, 0.05) is 7.11 Å². The van der Waals surface area contributed by atoms with E-state index in [-0.39, 0.29) is 18.0 Å². The summed E-state index contributed by atoms with van der Waals surface area (Å²) in [6.07, 6.45) is 1.19. The van der Waals surface area contributed by atoms with Crippen LogP contribution in [0, 0.1) is 10.1 Å². The average Bonchev–Trinajstić information content (AvgIpc) is 2.71. The standard InChI is InChI=1S/C9H13N3O5/c1-3-17-9(13)8-7(12(14)15)6-11(10-8)4-5-16-2/h6H,3-5H2,1-2H3. The van der Waals surface area contributed by atoms with Crippen molar-refractivity contribution in [2.75, 3.05) is 20.3 Å². The Morgan fingerprint density at radius 1 is 1.65 bits per heavy atom. The Kier molecular flexibility index (Phi) is 4.58. The molecule has 0 radical (unpaired) electrons. The lowest BCUT2D eigenvalue weighted by Gasteiger charge is -1.98. The Morgan fingerprint density at radius 2 is 2.35 bits per heavy atom. The number of methoxy groups -OCH3 is 1. The average molecular weight is 243 g/mol. The van der Waals surface area contributed by atoms with Crippen molar-refractivity contribution < 1.29 is 19.2 Å². The Bertz CT molecular complexity index is 415. The number of rotatable bonds is 6. The van der Waals surface area contributed by atoms with E-state index in [0.717, 1.165) is 0 Å². The van der Waals surface area contributed by atoms with Gasteiger partial charge in [-0.2, -0.15) is 5.10 Å². The molecule has 0 unspecified atom stereocenters. The fraction of sp³-hybridized carbons (Fsp3) is 0.556. The van der Waals surface area contributed by atoms with Gasteiger partial charge in [-0.15, -0.1) is 0 Å². The Morgan fingerprint density at radius 3 is 2.88 bits per heavy atom. The molecule has 0 fully saturated rings. The number of aromatic nitrogens is 2. The quantitative estimate of drug-likeness (QED) is 0.412. The molecule has 0 atom stereocenters. The third kappa shape index (κ3) is 3.25. The van der Waals surface area contributed by atoms with Crippen LogP contribution in [-0.2, 0) is 16.0 Å². The molecular formula is C9H13N3O5. The van der Waals surface area contributed by atoms with E-state index < -0.39 is 10.9 Å². The van der Waals surface area contributed by atoms with E-state index in [1.807, 2.05) is 0 Å². The molecule has 0 aliphatic rings. The summed E-state index contributed by atoms with van der Waals surface area (Å²) < 4.78 is 10.8. The van der Waals surface area contributed by atoms with Crippen molar-refractivity contribution >= 4 is 11.7 Å². The van der Waals surface area contributed by atoms with Crippen LogP contribution >= 0.6 is 0 Å². The Hall–Kier alpha value is -1.96. The van der Waals surface area contributed by atoms with Gasteiger partial charge < -0.3 is 9.47 Å². The molecule has 0 aliphatic carbocycles. The first-order valence-corrected chi connectivity index (χ1v) is 4.98. The number of nitro groups is 1. The minimum absolute atomic E-state index is 0.140. The zero-order valence-corrected chi connectivity index (χ0v) is 9.58.